The molecule has 6 heteroatoms. The first kappa shape index (κ1) is 14.0. The summed E-state index contributed by atoms with van der Waals surface area (Å²) < 4.78 is 10.2. The summed E-state index contributed by atoms with van der Waals surface area (Å²) in [4.78, 5) is 15.4. The largest absolute Gasteiger partial charge is 0.497 e. The minimum Gasteiger partial charge on any atom is -0.497 e. The lowest BCUT2D eigenvalue weighted by Crippen LogP contribution is -2.24. The maximum absolute atomic E-state index is 11.1. The number of carbonyl (C=O) groups is 1. The predicted octanol–water partition coefficient (Wildman–Crippen LogP) is 1.81. The van der Waals surface area contributed by atoms with E-state index in [0.29, 0.717) is 31.1 Å². The quantitative estimate of drug-likeness (QED) is 0.870. The number of ether oxygens (including phenoxy) is 1. The van der Waals surface area contributed by atoms with Crippen molar-refractivity contribution in [3.05, 3.63) is 30.2 Å². The highest BCUT2D eigenvalue weighted by Gasteiger charge is 2.08. The topological polar surface area (TPSA) is 77.2 Å². The Morgan fingerprint density at radius 1 is 1.35 bits per heavy atom. The molecular weight excluding hydrogens is 258 g/mol. The van der Waals surface area contributed by atoms with Crippen molar-refractivity contribution in [1.82, 2.24) is 15.5 Å². The van der Waals surface area contributed by atoms with Gasteiger partial charge >= 0.3 is 0 Å². The number of rotatable bonds is 6. The van der Waals surface area contributed by atoms with Crippen LogP contribution in [0.15, 0.2) is 28.8 Å². The number of hydrogen-bond acceptors (Lipinski definition) is 5. The smallest absolute Gasteiger partial charge is 0.228 e. The summed E-state index contributed by atoms with van der Waals surface area (Å²) in [5, 5.41) is 6.68. The van der Waals surface area contributed by atoms with Gasteiger partial charge in [-0.25, -0.2) is 0 Å². The Balaban J connectivity index is 1.95. The molecule has 1 aromatic heterocycles. The number of methoxy groups -OCH3 is 1. The second kappa shape index (κ2) is 6.70. The normalized spacial score (nSPS) is 10.3. The van der Waals surface area contributed by atoms with Gasteiger partial charge in [0.15, 0.2) is 0 Å². The monoisotopic (exact) mass is 275 g/mol. The number of nitrogens with zero attached hydrogens (tertiary/aromatic N) is 2. The van der Waals surface area contributed by atoms with Crippen molar-refractivity contribution in [3.8, 4) is 17.1 Å². The molecule has 0 saturated carbocycles. The molecule has 0 spiro atoms. The molecule has 0 aliphatic rings. The van der Waals surface area contributed by atoms with Gasteiger partial charge in [-0.2, -0.15) is 4.98 Å². The van der Waals surface area contributed by atoms with Gasteiger partial charge in [0.2, 0.25) is 17.6 Å². The van der Waals surface area contributed by atoms with Crippen LogP contribution in [0.3, 0.4) is 0 Å². The molecule has 0 fully saturated rings. The van der Waals surface area contributed by atoms with Crippen LogP contribution in [0.25, 0.3) is 11.4 Å². The molecule has 1 aromatic carbocycles. The molecule has 0 unspecified atom stereocenters. The van der Waals surface area contributed by atoms with Gasteiger partial charge in [0, 0.05) is 24.9 Å². The fraction of sp³-hybridized carbons (Fsp3) is 0.357. The fourth-order valence-corrected chi connectivity index (χ4v) is 1.65. The number of nitrogens with one attached hydrogen (secondary N) is 1. The molecule has 1 N–H and O–H groups in total. The highest BCUT2D eigenvalue weighted by molar-refractivity contribution is 5.75. The maximum Gasteiger partial charge on any atom is 0.228 e. The van der Waals surface area contributed by atoms with Crippen molar-refractivity contribution < 1.29 is 14.1 Å². The van der Waals surface area contributed by atoms with Crippen molar-refractivity contribution in [2.45, 2.75) is 19.8 Å². The average molecular weight is 275 g/mol. The van der Waals surface area contributed by atoms with Gasteiger partial charge in [0.1, 0.15) is 5.75 Å². The summed E-state index contributed by atoms with van der Waals surface area (Å²) in [5.41, 5.74) is 0.860. The minimum atomic E-state index is 0.0138. The summed E-state index contributed by atoms with van der Waals surface area (Å²) in [6.07, 6.45) is 0.996. The third-order valence-electron chi connectivity index (χ3n) is 2.80. The van der Waals surface area contributed by atoms with Crippen LogP contribution in [0.4, 0.5) is 0 Å². The number of carbonyl (C=O) groups excluding carboxylic acids is 1. The predicted molar refractivity (Wildman–Crippen MR) is 73.3 cm³/mol. The SMILES string of the molecule is CCC(=O)NCCc1nc(-c2ccc(OC)cc2)no1. The molecule has 0 aliphatic carbocycles. The lowest BCUT2D eigenvalue weighted by Gasteiger charge is -1.99. The van der Waals surface area contributed by atoms with Crippen molar-refractivity contribution >= 4 is 5.91 Å². The molecule has 20 heavy (non-hydrogen) atoms. The molecular formula is C14H17N3O3. The number of amides is 1. The van der Waals surface area contributed by atoms with E-state index in [1.54, 1.807) is 7.11 Å². The zero-order valence-electron chi connectivity index (χ0n) is 11.5. The summed E-state index contributed by atoms with van der Waals surface area (Å²) in [6, 6.07) is 7.42. The van der Waals surface area contributed by atoms with E-state index in [4.69, 9.17) is 9.26 Å². The molecule has 0 bridgehead atoms. The molecule has 1 amide bonds. The minimum absolute atomic E-state index is 0.0138. The number of benzene rings is 1. The number of aromatic nitrogens is 2. The molecule has 6 nitrogen and oxygen atoms in total. The Labute approximate surface area is 117 Å². The Kier molecular flexibility index (Phi) is 4.70. The average Bonchev–Trinajstić information content (AvgIpc) is 2.96. The number of hydrogen-bond donors (Lipinski definition) is 1. The second-order valence-electron chi connectivity index (χ2n) is 4.19. The Bertz CT molecular complexity index is 563. The van der Waals surface area contributed by atoms with Crippen molar-refractivity contribution in [2.24, 2.45) is 0 Å². The molecule has 2 rings (SSSR count). The van der Waals surface area contributed by atoms with E-state index in [9.17, 15) is 4.79 Å². The Morgan fingerprint density at radius 2 is 2.10 bits per heavy atom. The molecule has 0 atom stereocenters. The zero-order chi connectivity index (χ0) is 14.4. The van der Waals surface area contributed by atoms with E-state index >= 15 is 0 Å². The van der Waals surface area contributed by atoms with Gasteiger partial charge in [-0.15, -0.1) is 0 Å². The van der Waals surface area contributed by atoms with E-state index in [0.717, 1.165) is 11.3 Å². The van der Waals surface area contributed by atoms with Crippen LogP contribution >= 0.6 is 0 Å². The van der Waals surface area contributed by atoms with Crippen LogP contribution < -0.4 is 10.1 Å². The summed E-state index contributed by atoms with van der Waals surface area (Å²) in [5.74, 6) is 1.83. The molecule has 0 aliphatic heterocycles. The Hall–Kier alpha value is -2.37. The fourth-order valence-electron chi connectivity index (χ4n) is 1.65. The highest BCUT2D eigenvalue weighted by atomic mass is 16.5. The van der Waals surface area contributed by atoms with Gasteiger partial charge in [-0.1, -0.05) is 12.1 Å². The van der Waals surface area contributed by atoms with E-state index in [-0.39, 0.29) is 5.91 Å². The summed E-state index contributed by atoms with van der Waals surface area (Å²) >= 11 is 0. The first-order valence-corrected chi connectivity index (χ1v) is 6.46. The molecule has 0 radical (unpaired) electrons. The van der Waals surface area contributed by atoms with Crippen LogP contribution in [0, 0.1) is 0 Å². The van der Waals surface area contributed by atoms with Crippen LogP contribution in [-0.2, 0) is 11.2 Å². The molecule has 0 saturated heterocycles. The van der Waals surface area contributed by atoms with Crippen molar-refractivity contribution in [2.75, 3.05) is 13.7 Å². The molecule has 1 heterocycles. The van der Waals surface area contributed by atoms with E-state index in [1.807, 2.05) is 31.2 Å². The summed E-state index contributed by atoms with van der Waals surface area (Å²) in [6.45, 7) is 2.31. The van der Waals surface area contributed by atoms with Gasteiger partial charge in [-0.05, 0) is 24.3 Å². The van der Waals surface area contributed by atoms with E-state index in [1.165, 1.54) is 0 Å². The lowest BCUT2D eigenvalue weighted by molar-refractivity contribution is -0.120. The van der Waals surface area contributed by atoms with E-state index in [2.05, 4.69) is 15.5 Å². The first-order valence-electron chi connectivity index (χ1n) is 6.46. The van der Waals surface area contributed by atoms with Gasteiger partial charge in [0.05, 0.1) is 7.11 Å². The maximum atomic E-state index is 11.1. The van der Waals surface area contributed by atoms with Crippen LogP contribution in [0.5, 0.6) is 5.75 Å². The molecule has 106 valence electrons. The standard InChI is InChI=1S/C14H17N3O3/c1-3-12(18)15-9-8-13-16-14(17-20-13)10-4-6-11(19-2)7-5-10/h4-7H,3,8-9H2,1-2H3,(H,15,18). The van der Waals surface area contributed by atoms with Gasteiger partial charge in [-0.3, -0.25) is 4.79 Å². The second-order valence-corrected chi connectivity index (χ2v) is 4.19. The van der Waals surface area contributed by atoms with Crippen LogP contribution in [-0.4, -0.2) is 29.7 Å². The van der Waals surface area contributed by atoms with Gasteiger partial charge < -0.3 is 14.6 Å². The molecule has 2 aromatic rings. The third kappa shape index (κ3) is 3.57. The van der Waals surface area contributed by atoms with Crippen LogP contribution in [0.2, 0.25) is 0 Å². The van der Waals surface area contributed by atoms with Crippen molar-refractivity contribution in [3.63, 3.8) is 0 Å². The third-order valence-corrected chi connectivity index (χ3v) is 2.80. The Morgan fingerprint density at radius 3 is 2.75 bits per heavy atom. The van der Waals surface area contributed by atoms with E-state index < -0.39 is 0 Å². The van der Waals surface area contributed by atoms with Gasteiger partial charge in [0.25, 0.3) is 0 Å². The lowest BCUT2D eigenvalue weighted by atomic mass is 10.2. The van der Waals surface area contributed by atoms with Crippen molar-refractivity contribution in [1.29, 1.82) is 0 Å². The first-order chi connectivity index (χ1) is 9.72. The highest BCUT2D eigenvalue weighted by Crippen LogP contribution is 2.19. The van der Waals surface area contributed by atoms with Crippen LogP contribution in [0.1, 0.15) is 19.2 Å². The summed E-state index contributed by atoms with van der Waals surface area (Å²) in [7, 11) is 1.62. The zero-order valence-corrected chi connectivity index (χ0v) is 11.5.